The first-order chi connectivity index (χ1) is 15.0. The molecule has 0 atom stereocenters. The van der Waals surface area contributed by atoms with E-state index >= 15 is 0 Å². The van der Waals surface area contributed by atoms with Gasteiger partial charge in [-0.1, -0.05) is 30.3 Å². The van der Waals surface area contributed by atoms with Crippen molar-refractivity contribution in [2.24, 2.45) is 0 Å². The van der Waals surface area contributed by atoms with Crippen molar-refractivity contribution in [3.8, 4) is 0 Å². The van der Waals surface area contributed by atoms with E-state index in [0.717, 1.165) is 63.2 Å². The monoisotopic (exact) mass is 446 g/mol. The molecule has 9 nitrogen and oxygen atoms in total. The Balaban J connectivity index is 0.000000401. The van der Waals surface area contributed by atoms with Gasteiger partial charge >= 0.3 is 11.9 Å². The molecule has 1 saturated heterocycles. The van der Waals surface area contributed by atoms with Crippen molar-refractivity contribution in [3.05, 3.63) is 41.6 Å². The molecular weight excluding hydrogens is 420 g/mol. The molecule has 0 aliphatic carbocycles. The average Bonchev–Trinajstić information content (AvgIpc) is 2.80. The number of carbonyl (C=O) groups is 2. The molecule has 0 spiro atoms. The van der Waals surface area contributed by atoms with E-state index in [-0.39, 0.29) is 0 Å². The first-order valence-corrected chi connectivity index (χ1v) is 11.1. The second kappa shape index (κ2) is 11.5. The maximum Gasteiger partial charge on any atom is 0.414 e. The van der Waals surface area contributed by atoms with Crippen LogP contribution in [0, 0.1) is 0 Å². The van der Waals surface area contributed by atoms with Gasteiger partial charge in [0, 0.05) is 19.6 Å². The Hall–Kier alpha value is -2.85. The van der Waals surface area contributed by atoms with Crippen molar-refractivity contribution in [2.45, 2.75) is 24.2 Å². The number of thioether (sulfide) groups is 1. The number of fused-ring (bicyclic) bond motifs is 1. The van der Waals surface area contributed by atoms with E-state index in [1.165, 1.54) is 22.6 Å². The van der Waals surface area contributed by atoms with E-state index < -0.39 is 11.9 Å². The van der Waals surface area contributed by atoms with E-state index in [2.05, 4.69) is 40.5 Å². The number of ether oxygens (including phenoxy) is 1. The number of hydrogen-bond donors (Lipinski definition) is 3. The summed E-state index contributed by atoms with van der Waals surface area (Å²) in [7, 11) is 0. The van der Waals surface area contributed by atoms with Crippen molar-refractivity contribution in [1.29, 1.82) is 0 Å². The van der Waals surface area contributed by atoms with Gasteiger partial charge in [0.05, 0.1) is 23.8 Å². The van der Waals surface area contributed by atoms with Gasteiger partial charge in [-0.3, -0.25) is 0 Å². The molecule has 1 aromatic carbocycles. The number of anilines is 2. The molecule has 2 aliphatic heterocycles. The molecule has 0 unspecified atom stereocenters. The Kier molecular flexibility index (Phi) is 8.48. The van der Waals surface area contributed by atoms with E-state index in [1.807, 2.05) is 11.8 Å². The highest BCUT2D eigenvalue weighted by molar-refractivity contribution is 7.99. The number of morpholine rings is 1. The summed E-state index contributed by atoms with van der Waals surface area (Å²) in [6.07, 6.45) is 3.24. The van der Waals surface area contributed by atoms with E-state index in [0.29, 0.717) is 0 Å². The first kappa shape index (κ1) is 22.8. The molecule has 1 fully saturated rings. The summed E-state index contributed by atoms with van der Waals surface area (Å²) in [4.78, 5) is 31.4. The molecule has 31 heavy (non-hydrogen) atoms. The van der Waals surface area contributed by atoms with Gasteiger partial charge in [0.2, 0.25) is 5.95 Å². The molecule has 0 amide bonds. The zero-order valence-corrected chi connectivity index (χ0v) is 17.9. The number of carboxylic acids is 2. The third-order valence-electron chi connectivity index (χ3n) is 4.75. The molecule has 3 N–H and O–H groups in total. The van der Waals surface area contributed by atoms with Crippen molar-refractivity contribution in [2.75, 3.05) is 48.8 Å². The Morgan fingerprint density at radius 3 is 2.48 bits per heavy atom. The molecule has 4 rings (SSSR count). The van der Waals surface area contributed by atoms with Crippen LogP contribution in [0.3, 0.4) is 0 Å². The van der Waals surface area contributed by atoms with Crippen molar-refractivity contribution in [3.63, 3.8) is 0 Å². The highest BCUT2D eigenvalue weighted by atomic mass is 32.2. The number of benzene rings is 1. The SMILES string of the molecule is O=C(O)C(=O)O.c1ccc(CCNc2nc(N3CCOCC3)nc3c2SCCC3)cc1. The van der Waals surface area contributed by atoms with Gasteiger partial charge in [0.1, 0.15) is 5.82 Å². The average molecular weight is 447 g/mol. The minimum Gasteiger partial charge on any atom is -0.473 e. The molecule has 166 valence electrons. The zero-order valence-electron chi connectivity index (χ0n) is 17.1. The van der Waals surface area contributed by atoms with Crippen molar-refractivity contribution < 1.29 is 24.5 Å². The Morgan fingerprint density at radius 1 is 1.10 bits per heavy atom. The number of carboxylic acid groups (broad SMARTS) is 2. The van der Waals surface area contributed by atoms with Gasteiger partial charge < -0.3 is 25.2 Å². The summed E-state index contributed by atoms with van der Waals surface area (Å²) in [5.41, 5.74) is 2.55. The summed E-state index contributed by atoms with van der Waals surface area (Å²) >= 11 is 1.89. The summed E-state index contributed by atoms with van der Waals surface area (Å²) in [5, 5.41) is 18.4. The number of rotatable bonds is 5. The lowest BCUT2D eigenvalue weighted by atomic mass is 10.1. The molecule has 10 heteroatoms. The molecule has 3 heterocycles. The third-order valence-corrected chi connectivity index (χ3v) is 5.96. The van der Waals surface area contributed by atoms with Crippen LogP contribution in [0.25, 0.3) is 0 Å². The summed E-state index contributed by atoms with van der Waals surface area (Å²) in [5.74, 6) is -0.635. The second-order valence-electron chi connectivity index (χ2n) is 6.97. The van der Waals surface area contributed by atoms with Crippen LogP contribution in [-0.4, -0.2) is 70.7 Å². The largest absolute Gasteiger partial charge is 0.473 e. The Labute approximate surface area is 184 Å². The van der Waals surface area contributed by atoms with E-state index in [1.54, 1.807) is 0 Å². The van der Waals surface area contributed by atoms with Gasteiger partial charge in [0.25, 0.3) is 0 Å². The van der Waals surface area contributed by atoms with Gasteiger partial charge in [-0.2, -0.15) is 4.98 Å². The lowest BCUT2D eigenvalue weighted by molar-refractivity contribution is -0.159. The first-order valence-electron chi connectivity index (χ1n) is 10.1. The predicted octanol–water partition coefficient (Wildman–Crippen LogP) is 2.16. The Morgan fingerprint density at radius 2 is 1.81 bits per heavy atom. The third kappa shape index (κ3) is 6.83. The van der Waals surface area contributed by atoms with Gasteiger partial charge in [-0.05, 0) is 30.6 Å². The van der Waals surface area contributed by atoms with Crippen LogP contribution in [0.5, 0.6) is 0 Å². The van der Waals surface area contributed by atoms with Crippen LogP contribution in [-0.2, 0) is 27.2 Å². The fraction of sp³-hybridized carbons (Fsp3) is 0.429. The normalized spacial score (nSPS) is 15.3. The molecule has 0 radical (unpaired) electrons. The predicted molar refractivity (Wildman–Crippen MR) is 118 cm³/mol. The number of hydrogen-bond acceptors (Lipinski definition) is 8. The molecular formula is C21H26N4O5S. The van der Waals surface area contributed by atoms with Crippen molar-refractivity contribution in [1.82, 2.24) is 9.97 Å². The molecule has 0 saturated carbocycles. The fourth-order valence-electron chi connectivity index (χ4n) is 3.21. The van der Waals surface area contributed by atoms with E-state index in [9.17, 15) is 0 Å². The maximum atomic E-state index is 9.10. The highest BCUT2D eigenvalue weighted by Gasteiger charge is 2.22. The number of aryl methyl sites for hydroxylation is 1. The number of aromatic nitrogens is 2. The minimum absolute atomic E-state index is 0.756. The van der Waals surface area contributed by atoms with Gasteiger partial charge in [-0.15, -0.1) is 11.8 Å². The maximum absolute atomic E-state index is 9.10. The van der Waals surface area contributed by atoms with Crippen LogP contribution >= 0.6 is 11.8 Å². The molecule has 1 aromatic heterocycles. The Bertz CT molecular complexity index is 879. The highest BCUT2D eigenvalue weighted by Crippen LogP contribution is 2.35. The topological polar surface area (TPSA) is 125 Å². The van der Waals surface area contributed by atoms with Gasteiger partial charge in [0.15, 0.2) is 0 Å². The molecule has 2 aromatic rings. The molecule has 2 aliphatic rings. The zero-order chi connectivity index (χ0) is 22.1. The van der Waals surface area contributed by atoms with Gasteiger partial charge in [-0.25, -0.2) is 14.6 Å². The quantitative estimate of drug-likeness (QED) is 0.588. The van der Waals surface area contributed by atoms with Crippen molar-refractivity contribution >= 4 is 35.5 Å². The van der Waals surface area contributed by atoms with Crippen LogP contribution in [0.15, 0.2) is 35.2 Å². The van der Waals surface area contributed by atoms with Crippen LogP contribution in [0.2, 0.25) is 0 Å². The number of nitrogens with zero attached hydrogens (tertiary/aromatic N) is 3. The second-order valence-corrected chi connectivity index (χ2v) is 8.08. The summed E-state index contributed by atoms with van der Waals surface area (Å²) in [6, 6.07) is 10.6. The summed E-state index contributed by atoms with van der Waals surface area (Å²) in [6.45, 7) is 4.14. The van der Waals surface area contributed by atoms with Crippen LogP contribution in [0.1, 0.15) is 17.7 Å². The smallest absolute Gasteiger partial charge is 0.414 e. The number of aliphatic carboxylic acids is 2. The standard InChI is InChI=1S/C19H24N4OS.C2H2O4/c1-2-5-15(6-3-1)8-9-20-18-17-16(7-4-14-25-17)21-19(22-18)23-10-12-24-13-11-23;3-1(4)2(5)6/h1-3,5-6H,4,7-14H2,(H,20,21,22);(H,3,4)(H,5,6). The lowest BCUT2D eigenvalue weighted by Crippen LogP contribution is -2.37. The molecule has 0 bridgehead atoms. The summed E-state index contributed by atoms with van der Waals surface area (Å²) < 4.78 is 5.46. The minimum atomic E-state index is -1.82. The fourth-order valence-corrected chi connectivity index (χ4v) is 4.28. The van der Waals surface area contributed by atoms with E-state index in [4.69, 9.17) is 34.5 Å². The van der Waals surface area contributed by atoms with Crippen LogP contribution in [0.4, 0.5) is 11.8 Å². The number of nitrogens with one attached hydrogen (secondary N) is 1. The van der Waals surface area contributed by atoms with Crippen LogP contribution < -0.4 is 10.2 Å². The lowest BCUT2D eigenvalue weighted by Gasteiger charge is -2.28.